The van der Waals surface area contributed by atoms with Crippen LogP contribution >= 0.6 is 0 Å². The molecular weight excluding hydrogens is 679 g/mol. The molecule has 11 aromatic rings. The summed E-state index contributed by atoms with van der Waals surface area (Å²) < 4.78 is 6.88. The third-order valence-electron chi connectivity index (χ3n) is 11.3. The highest BCUT2D eigenvalue weighted by Crippen LogP contribution is 2.49. The lowest BCUT2D eigenvalue weighted by molar-refractivity contribution is 0.670. The molecule has 1 heterocycles. The van der Waals surface area contributed by atoms with E-state index in [2.05, 4.69) is 217 Å². The summed E-state index contributed by atoms with van der Waals surface area (Å²) in [6, 6.07) is 76.4. The molecule has 56 heavy (non-hydrogen) atoms. The third-order valence-corrected chi connectivity index (χ3v) is 11.3. The molecule has 0 amide bonds. The monoisotopic (exact) mass is 713 g/mol. The first kappa shape index (κ1) is 32.0. The number of benzene rings is 10. The Bertz CT molecular complexity index is 3230. The number of fused-ring (bicyclic) bond motifs is 7. The van der Waals surface area contributed by atoms with E-state index in [0.29, 0.717) is 0 Å². The van der Waals surface area contributed by atoms with Gasteiger partial charge in [-0.25, -0.2) is 0 Å². The molecule has 0 spiro atoms. The van der Waals surface area contributed by atoms with Crippen molar-refractivity contribution in [3.63, 3.8) is 0 Å². The van der Waals surface area contributed by atoms with Gasteiger partial charge in [-0.1, -0.05) is 176 Å². The van der Waals surface area contributed by atoms with Crippen LogP contribution in [0.3, 0.4) is 0 Å². The SMILES string of the molecule is c1ccc(-c2ccc(-c3ccc(N(c4ccc5ccc6ccccc6c5c4)c4ccc(-c5ccccc5)c5ccccc45)c4c3oc3ccccc34)cc2)cc1. The van der Waals surface area contributed by atoms with Gasteiger partial charge in [0.15, 0.2) is 0 Å². The van der Waals surface area contributed by atoms with Gasteiger partial charge in [0.05, 0.1) is 16.8 Å². The summed E-state index contributed by atoms with van der Waals surface area (Å²) in [5.74, 6) is 0. The summed E-state index contributed by atoms with van der Waals surface area (Å²) in [6.45, 7) is 0. The Labute approximate surface area is 325 Å². The lowest BCUT2D eigenvalue weighted by Gasteiger charge is -2.29. The number of furan rings is 1. The molecule has 0 aliphatic rings. The highest BCUT2D eigenvalue weighted by molar-refractivity contribution is 6.19. The van der Waals surface area contributed by atoms with Gasteiger partial charge in [-0.2, -0.15) is 0 Å². The van der Waals surface area contributed by atoms with Crippen LogP contribution in [0.2, 0.25) is 0 Å². The summed E-state index contributed by atoms with van der Waals surface area (Å²) in [5, 5.41) is 9.45. The average molecular weight is 714 g/mol. The quantitative estimate of drug-likeness (QED) is 0.160. The van der Waals surface area contributed by atoms with Crippen molar-refractivity contribution in [3.05, 3.63) is 212 Å². The van der Waals surface area contributed by atoms with Crippen LogP contribution in [0.25, 0.3) is 87.6 Å². The largest absolute Gasteiger partial charge is 0.455 e. The molecule has 0 aliphatic heterocycles. The number of anilines is 3. The van der Waals surface area contributed by atoms with Gasteiger partial charge in [0.1, 0.15) is 11.2 Å². The number of rotatable bonds is 6. The highest BCUT2D eigenvalue weighted by atomic mass is 16.3. The zero-order valence-electron chi connectivity index (χ0n) is 30.6. The lowest BCUT2D eigenvalue weighted by atomic mass is 9.95. The maximum Gasteiger partial charge on any atom is 0.145 e. The smallest absolute Gasteiger partial charge is 0.145 e. The zero-order chi connectivity index (χ0) is 37.0. The van der Waals surface area contributed by atoms with Crippen molar-refractivity contribution in [3.8, 4) is 33.4 Å². The molecule has 10 aromatic carbocycles. The Hall–Kier alpha value is -7.42. The number of hydrogen-bond donors (Lipinski definition) is 0. The molecule has 0 N–H and O–H groups in total. The van der Waals surface area contributed by atoms with Crippen LogP contribution < -0.4 is 4.90 Å². The fourth-order valence-electron chi connectivity index (χ4n) is 8.58. The predicted molar refractivity (Wildman–Crippen MR) is 237 cm³/mol. The second-order valence-electron chi connectivity index (χ2n) is 14.4. The molecule has 0 bridgehead atoms. The van der Waals surface area contributed by atoms with Crippen molar-refractivity contribution in [2.24, 2.45) is 0 Å². The van der Waals surface area contributed by atoms with Crippen LogP contribution in [0.1, 0.15) is 0 Å². The first-order valence-corrected chi connectivity index (χ1v) is 19.2. The standard InChI is InChI=1S/C54H35NO/c1-3-13-36(14-4-1)37-23-25-40(26-24-37)45-32-34-51(53-48-21-11-12-22-52(48)56-54(45)53)55(42-30-29-41-28-27-39-17-7-8-18-43(39)49(41)35-42)50-33-31-44(38-15-5-2-6-16-38)46-19-9-10-20-47(46)50/h1-35H. The van der Waals surface area contributed by atoms with Gasteiger partial charge < -0.3 is 9.32 Å². The fraction of sp³-hybridized carbons (Fsp3) is 0. The van der Waals surface area contributed by atoms with E-state index >= 15 is 0 Å². The first-order valence-electron chi connectivity index (χ1n) is 19.2. The van der Waals surface area contributed by atoms with Gasteiger partial charge in [0.2, 0.25) is 0 Å². The van der Waals surface area contributed by atoms with Crippen LogP contribution in [-0.2, 0) is 0 Å². The van der Waals surface area contributed by atoms with Crippen LogP contribution in [0.5, 0.6) is 0 Å². The van der Waals surface area contributed by atoms with Crippen molar-refractivity contribution in [2.75, 3.05) is 4.90 Å². The molecular formula is C54H35NO. The number of para-hydroxylation sites is 1. The summed E-state index contributed by atoms with van der Waals surface area (Å²) in [7, 11) is 0. The van der Waals surface area contributed by atoms with E-state index in [-0.39, 0.29) is 0 Å². The minimum Gasteiger partial charge on any atom is -0.455 e. The predicted octanol–water partition coefficient (Wildman–Crippen LogP) is 15.5. The molecule has 1 aromatic heterocycles. The Morgan fingerprint density at radius 2 is 0.857 bits per heavy atom. The summed E-state index contributed by atoms with van der Waals surface area (Å²) in [6.07, 6.45) is 0. The van der Waals surface area contributed by atoms with Gasteiger partial charge in [0, 0.05) is 22.0 Å². The van der Waals surface area contributed by atoms with Crippen LogP contribution in [0, 0.1) is 0 Å². The summed E-state index contributed by atoms with van der Waals surface area (Å²) in [4.78, 5) is 2.45. The molecule has 0 saturated carbocycles. The van der Waals surface area contributed by atoms with E-state index in [9.17, 15) is 0 Å². The molecule has 0 radical (unpaired) electrons. The van der Waals surface area contributed by atoms with Crippen LogP contribution in [0.15, 0.2) is 217 Å². The van der Waals surface area contributed by atoms with Crippen LogP contribution in [0.4, 0.5) is 17.1 Å². The lowest BCUT2D eigenvalue weighted by Crippen LogP contribution is -2.11. The molecule has 0 saturated heterocycles. The minimum absolute atomic E-state index is 0.867. The second-order valence-corrected chi connectivity index (χ2v) is 14.4. The molecule has 0 aliphatic carbocycles. The van der Waals surface area contributed by atoms with E-state index in [1.165, 1.54) is 54.6 Å². The van der Waals surface area contributed by atoms with E-state index in [4.69, 9.17) is 4.42 Å². The van der Waals surface area contributed by atoms with Crippen molar-refractivity contribution in [2.45, 2.75) is 0 Å². The van der Waals surface area contributed by atoms with E-state index in [1.54, 1.807) is 0 Å². The van der Waals surface area contributed by atoms with Gasteiger partial charge in [-0.15, -0.1) is 0 Å². The second kappa shape index (κ2) is 13.2. The van der Waals surface area contributed by atoms with E-state index in [1.807, 2.05) is 0 Å². The van der Waals surface area contributed by atoms with Gasteiger partial charge in [0.25, 0.3) is 0 Å². The Balaban J connectivity index is 1.19. The first-order chi connectivity index (χ1) is 27.8. The molecule has 262 valence electrons. The molecule has 2 nitrogen and oxygen atoms in total. The van der Waals surface area contributed by atoms with Gasteiger partial charge in [-0.05, 0) is 91.1 Å². The molecule has 2 heteroatoms. The Morgan fingerprint density at radius 1 is 0.321 bits per heavy atom. The van der Waals surface area contributed by atoms with Gasteiger partial charge in [-0.3, -0.25) is 0 Å². The average Bonchev–Trinajstić information content (AvgIpc) is 3.67. The maximum absolute atomic E-state index is 6.88. The molecule has 0 unspecified atom stereocenters. The third kappa shape index (κ3) is 5.26. The van der Waals surface area contributed by atoms with Gasteiger partial charge >= 0.3 is 0 Å². The molecule has 0 fully saturated rings. The topological polar surface area (TPSA) is 16.4 Å². The van der Waals surface area contributed by atoms with E-state index in [0.717, 1.165) is 50.1 Å². The van der Waals surface area contributed by atoms with E-state index < -0.39 is 0 Å². The highest BCUT2D eigenvalue weighted by Gasteiger charge is 2.24. The Morgan fingerprint density at radius 3 is 1.64 bits per heavy atom. The molecule has 0 atom stereocenters. The van der Waals surface area contributed by atoms with Crippen molar-refractivity contribution < 1.29 is 4.42 Å². The molecule has 11 rings (SSSR count). The zero-order valence-corrected chi connectivity index (χ0v) is 30.6. The number of hydrogen-bond acceptors (Lipinski definition) is 2. The van der Waals surface area contributed by atoms with Crippen molar-refractivity contribution >= 4 is 71.3 Å². The normalized spacial score (nSPS) is 11.6. The summed E-state index contributed by atoms with van der Waals surface area (Å²) in [5.41, 5.74) is 12.0. The fourth-order valence-corrected chi connectivity index (χ4v) is 8.58. The van der Waals surface area contributed by atoms with Crippen molar-refractivity contribution in [1.82, 2.24) is 0 Å². The Kier molecular flexibility index (Phi) is 7.53. The van der Waals surface area contributed by atoms with Crippen LogP contribution in [-0.4, -0.2) is 0 Å². The maximum atomic E-state index is 6.88. The summed E-state index contributed by atoms with van der Waals surface area (Å²) >= 11 is 0. The minimum atomic E-state index is 0.867. The van der Waals surface area contributed by atoms with Crippen molar-refractivity contribution in [1.29, 1.82) is 0 Å². The number of nitrogens with zero attached hydrogens (tertiary/aromatic N) is 1.